The van der Waals surface area contributed by atoms with Gasteiger partial charge in [0.1, 0.15) is 18.1 Å². The molecule has 0 saturated heterocycles. The lowest BCUT2D eigenvalue weighted by molar-refractivity contribution is -0.124. The van der Waals surface area contributed by atoms with Gasteiger partial charge in [0.2, 0.25) is 0 Å². The van der Waals surface area contributed by atoms with E-state index in [1.54, 1.807) is 6.92 Å². The van der Waals surface area contributed by atoms with Gasteiger partial charge in [0.15, 0.2) is 11.5 Å². The molecule has 1 aromatic heterocycles. The molecule has 7 nitrogen and oxygen atoms in total. The monoisotopic (exact) mass is 542 g/mol. The molecule has 1 N–H and O–H groups in total. The lowest BCUT2D eigenvalue weighted by Crippen LogP contribution is -2.28. The summed E-state index contributed by atoms with van der Waals surface area (Å²) < 4.78 is 19.3. The lowest BCUT2D eigenvalue weighted by Gasteiger charge is -2.18. The normalized spacial score (nSPS) is 11.5. The minimum absolute atomic E-state index is 0.0230. The molecule has 0 spiro atoms. The summed E-state index contributed by atoms with van der Waals surface area (Å²) >= 11 is 0. The molecular weight excluding hydrogens is 504 g/mol. The Bertz CT molecular complexity index is 1470. The number of ether oxygens (including phenoxy) is 3. The highest BCUT2D eigenvalue weighted by atomic mass is 16.5. The van der Waals surface area contributed by atoms with Crippen molar-refractivity contribution in [1.82, 2.24) is 4.57 Å². The van der Waals surface area contributed by atoms with Crippen LogP contribution in [0, 0.1) is 5.41 Å². The predicted octanol–water partition coefficient (Wildman–Crippen LogP) is 7.20. The first-order chi connectivity index (χ1) is 19.1. The Balaban J connectivity index is 1.85. The van der Waals surface area contributed by atoms with Gasteiger partial charge in [0.05, 0.1) is 30.5 Å². The summed E-state index contributed by atoms with van der Waals surface area (Å²) in [7, 11) is 0. The van der Waals surface area contributed by atoms with Crippen molar-refractivity contribution in [3.8, 4) is 17.2 Å². The molecule has 0 amide bonds. The maximum Gasteiger partial charge on any atom is 0.357 e. The van der Waals surface area contributed by atoms with Gasteiger partial charge < -0.3 is 24.1 Å². The van der Waals surface area contributed by atoms with Gasteiger partial charge in [0, 0.05) is 16.5 Å². The average molecular weight is 543 g/mol. The number of nitrogens with zero attached hydrogens (tertiary/aromatic N) is 1. The van der Waals surface area contributed by atoms with E-state index in [9.17, 15) is 9.59 Å². The Morgan fingerprint density at radius 1 is 0.925 bits per heavy atom. The first-order valence-electron chi connectivity index (χ1n) is 13.6. The van der Waals surface area contributed by atoms with Crippen LogP contribution < -0.4 is 14.8 Å². The number of nitrogens with one attached hydrogen (secondary N) is 1. The molecule has 0 aliphatic heterocycles. The fourth-order valence-electron chi connectivity index (χ4n) is 4.32. The minimum atomic E-state index is -0.536. The number of anilines is 1. The van der Waals surface area contributed by atoms with Gasteiger partial charge in [0.25, 0.3) is 0 Å². The molecule has 0 radical (unpaired) electrons. The van der Waals surface area contributed by atoms with Crippen LogP contribution in [0.3, 0.4) is 0 Å². The van der Waals surface area contributed by atoms with Crippen molar-refractivity contribution in [3.05, 3.63) is 84.1 Å². The Kier molecular flexibility index (Phi) is 8.83. The Labute approximate surface area is 236 Å². The maximum atomic E-state index is 13.5. The van der Waals surface area contributed by atoms with Gasteiger partial charge in [-0.05, 0) is 68.8 Å². The van der Waals surface area contributed by atoms with E-state index in [4.69, 9.17) is 14.2 Å². The average Bonchev–Trinajstić information content (AvgIpc) is 3.24. The number of hydrogen-bond acceptors (Lipinski definition) is 6. The number of Topliss-reactive ketones (excluding diaryl/α,β-unsaturated/α-hetero) is 1. The first-order valence-corrected chi connectivity index (χ1v) is 13.6. The summed E-state index contributed by atoms with van der Waals surface area (Å²) in [4.78, 5) is 26.3. The van der Waals surface area contributed by atoms with Gasteiger partial charge in [-0.3, -0.25) is 4.79 Å². The summed E-state index contributed by atoms with van der Waals surface area (Å²) in [5, 5.41) is 4.03. The van der Waals surface area contributed by atoms with Crippen LogP contribution in [0.15, 0.2) is 72.8 Å². The van der Waals surface area contributed by atoms with Crippen molar-refractivity contribution >= 4 is 28.3 Å². The molecule has 4 rings (SSSR count). The molecule has 0 bridgehead atoms. The molecule has 0 unspecified atom stereocenters. The summed E-state index contributed by atoms with van der Waals surface area (Å²) in [6, 6.07) is 23.2. The molecule has 0 fully saturated rings. The zero-order chi connectivity index (χ0) is 28.9. The highest BCUT2D eigenvalue weighted by Gasteiger charge is 2.28. The van der Waals surface area contributed by atoms with E-state index < -0.39 is 11.4 Å². The molecule has 0 aliphatic carbocycles. The van der Waals surface area contributed by atoms with Gasteiger partial charge in [-0.1, -0.05) is 51.1 Å². The second-order valence-corrected chi connectivity index (χ2v) is 10.9. The van der Waals surface area contributed by atoms with E-state index in [2.05, 4.69) is 5.32 Å². The summed E-state index contributed by atoms with van der Waals surface area (Å²) in [6.45, 7) is 12.0. The van der Waals surface area contributed by atoms with Crippen LogP contribution in [0.5, 0.6) is 11.5 Å². The third kappa shape index (κ3) is 6.65. The largest absolute Gasteiger partial charge is 0.491 e. The van der Waals surface area contributed by atoms with Crippen LogP contribution in [0.2, 0.25) is 0 Å². The summed E-state index contributed by atoms with van der Waals surface area (Å²) in [6.07, 6.45) is 0.0406. The molecule has 4 aromatic rings. The van der Waals surface area contributed by atoms with Gasteiger partial charge in [-0.2, -0.15) is 0 Å². The number of aromatic nitrogens is 1. The quantitative estimate of drug-likeness (QED) is 0.202. The molecule has 7 heteroatoms. The van der Waals surface area contributed by atoms with E-state index in [0.717, 1.165) is 27.9 Å². The van der Waals surface area contributed by atoms with Gasteiger partial charge in [-0.15, -0.1) is 0 Å². The van der Waals surface area contributed by atoms with Gasteiger partial charge in [-0.25, -0.2) is 4.79 Å². The Morgan fingerprint density at radius 2 is 1.60 bits per heavy atom. The third-order valence-electron chi connectivity index (χ3n) is 6.38. The van der Waals surface area contributed by atoms with Crippen LogP contribution in [0.4, 0.5) is 5.69 Å². The number of carbonyl (C=O) groups excluding carboxylic acids is 2. The van der Waals surface area contributed by atoms with Crippen molar-refractivity contribution in [2.45, 2.75) is 54.3 Å². The van der Waals surface area contributed by atoms with E-state index in [1.807, 2.05) is 112 Å². The zero-order valence-corrected chi connectivity index (χ0v) is 24.1. The third-order valence-corrected chi connectivity index (χ3v) is 6.38. The fourth-order valence-corrected chi connectivity index (χ4v) is 4.32. The van der Waals surface area contributed by atoms with Crippen LogP contribution >= 0.6 is 0 Å². The zero-order valence-electron chi connectivity index (χ0n) is 24.1. The van der Waals surface area contributed by atoms with Crippen molar-refractivity contribution in [3.63, 3.8) is 0 Å². The Morgan fingerprint density at radius 3 is 2.23 bits per heavy atom. The highest BCUT2D eigenvalue weighted by molar-refractivity contribution is 6.09. The molecule has 210 valence electrons. The fraction of sp³-hybridized carbons (Fsp3) is 0.333. The Hall–Kier alpha value is -4.26. The van der Waals surface area contributed by atoms with Crippen molar-refractivity contribution in [2.75, 3.05) is 18.5 Å². The number of carbonyl (C=O) groups is 2. The molecule has 40 heavy (non-hydrogen) atoms. The molecule has 0 aliphatic rings. The summed E-state index contributed by atoms with van der Waals surface area (Å²) in [5.41, 5.74) is 2.89. The van der Waals surface area contributed by atoms with E-state index >= 15 is 0 Å². The molecule has 3 aromatic carbocycles. The van der Waals surface area contributed by atoms with Crippen LogP contribution in [-0.4, -0.2) is 35.6 Å². The van der Waals surface area contributed by atoms with Crippen molar-refractivity contribution in [2.24, 2.45) is 5.41 Å². The summed E-state index contributed by atoms with van der Waals surface area (Å²) in [5.74, 6) is 0.918. The number of ketones is 1. The van der Waals surface area contributed by atoms with Crippen LogP contribution in [-0.2, 0) is 16.1 Å². The molecule has 1 heterocycles. The number of esters is 1. The number of hydrogen-bond donors (Lipinski definition) is 1. The minimum Gasteiger partial charge on any atom is -0.491 e. The second kappa shape index (κ2) is 12.3. The molecule has 0 saturated carbocycles. The number of fused-ring (bicyclic) bond motifs is 1. The van der Waals surface area contributed by atoms with E-state index in [1.165, 1.54) is 0 Å². The lowest BCUT2D eigenvalue weighted by atomic mass is 9.91. The van der Waals surface area contributed by atoms with Crippen molar-refractivity contribution < 1.29 is 23.8 Å². The number of rotatable bonds is 11. The topological polar surface area (TPSA) is 78.8 Å². The number of benzene rings is 3. The standard InChI is InChI=1S/C33H38N2O5/c1-7-38-32(37)31-30(34-20-29(36)33(4,5)6)27-19-26(39-21-23-11-9-8-10-12-23)17-18-28(27)35(31)24-13-15-25(16-14-24)40-22(2)3/h8-19,22,34H,7,20-21H2,1-6H3. The molecular formula is C33H38N2O5. The first kappa shape index (κ1) is 28.7. The van der Waals surface area contributed by atoms with Crippen molar-refractivity contribution in [1.29, 1.82) is 0 Å². The van der Waals surface area contributed by atoms with Crippen LogP contribution in [0.1, 0.15) is 57.6 Å². The van der Waals surface area contributed by atoms with Crippen LogP contribution in [0.25, 0.3) is 16.6 Å². The second-order valence-electron chi connectivity index (χ2n) is 10.9. The van der Waals surface area contributed by atoms with Gasteiger partial charge >= 0.3 is 5.97 Å². The van der Waals surface area contributed by atoms with E-state index in [0.29, 0.717) is 23.7 Å². The highest BCUT2D eigenvalue weighted by Crippen LogP contribution is 2.37. The van der Waals surface area contributed by atoms with E-state index in [-0.39, 0.29) is 25.0 Å². The molecule has 0 atom stereocenters. The predicted molar refractivity (Wildman–Crippen MR) is 159 cm³/mol. The SMILES string of the molecule is CCOC(=O)c1c(NCC(=O)C(C)(C)C)c2cc(OCc3ccccc3)ccc2n1-c1ccc(OC(C)C)cc1. The smallest absolute Gasteiger partial charge is 0.357 e. The maximum absolute atomic E-state index is 13.5.